The summed E-state index contributed by atoms with van der Waals surface area (Å²) in [7, 11) is 0. The largest absolute Gasteiger partial charge is 0.430 e. The van der Waals surface area contributed by atoms with Gasteiger partial charge in [0.15, 0.2) is 5.78 Å². The number of hydrogen-bond acceptors (Lipinski definition) is 3. The summed E-state index contributed by atoms with van der Waals surface area (Å²) in [6, 6.07) is 0. The summed E-state index contributed by atoms with van der Waals surface area (Å²) in [5.74, 6) is 0.731. The van der Waals surface area contributed by atoms with Crippen molar-refractivity contribution in [3.63, 3.8) is 0 Å². The lowest BCUT2D eigenvalue weighted by molar-refractivity contribution is -0.148. The quantitative estimate of drug-likeness (QED) is 0.689. The Kier molecular flexibility index (Phi) is 3.13. The fraction of sp³-hybridized carbons (Fsp3) is 0.692. The van der Waals surface area contributed by atoms with Gasteiger partial charge in [0.2, 0.25) is 0 Å². The Morgan fingerprint density at radius 1 is 1.19 bits per heavy atom. The van der Waals surface area contributed by atoms with Crippen LogP contribution in [0.2, 0.25) is 0 Å². The molecular weight excluding hydrogens is 204 g/mol. The molecule has 2 atom stereocenters. The third kappa shape index (κ3) is 1.68. The van der Waals surface area contributed by atoms with E-state index in [9.17, 15) is 9.59 Å². The molecule has 3 heteroatoms. The highest BCUT2D eigenvalue weighted by atomic mass is 16.5. The average Bonchev–Trinajstić information content (AvgIpc) is 2.60. The monoisotopic (exact) mass is 222 g/mol. The molecule has 0 bridgehead atoms. The number of rotatable bonds is 3. The first-order valence-electron chi connectivity index (χ1n) is 6.16. The molecule has 1 aliphatic heterocycles. The summed E-state index contributed by atoms with van der Waals surface area (Å²) in [5.41, 5.74) is 0.827. The van der Waals surface area contributed by atoms with E-state index in [0.717, 1.165) is 24.8 Å². The first kappa shape index (κ1) is 11.4. The second kappa shape index (κ2) is 4.40. The van der Waals surface area contributed by atoms with Crippen LogP contribution in [0.3, 0.4) is 0 Å². The van der Waals surface area contributed by atoms with Gasteiger partial charge >= 0.3 is 5.97 Å². The predicted molar refractivity (Wildman–Crippen MR) is 59.5 cm³/mol. The summed E-state index contributed by atoms with van der Waals surface area (Å²) < 4.78 is 5.28. The smallest absolute Gasteiger partial charge is 0.314 e. The number of hydrogen-bond donors (Lipinski definition) is 0. The summed E-state index contributed by atoms with van der Waals surface area (Å²) in [6.45, 7) is 4.08. The minimum Gasteiger partial charge on any atom is -0.430 e. The second-order valence-corrected chi connectivity index (χ2v) is 4.59. The molecule has 0 aromatic rings. The van der Waals surface area contributed by atoms with Gasteiger partial charge in [-0.05, 0) is 12.8 Å². The van der Waals surface area contributed by atoms with Crippen LogP contribution in [0.5, 0.6) is 0 Å². The van der Waals surface area contributed by atoms with E-state index in [4.69, 9.17) is 4.74 Å². The number of ether oxygens (including phenoxy) is 1. The van der Waals surface area contributed by atoms with Crippen LogP contribution < -0.4 is 0 Å². The minimum atomic E-state index is -0.130. The van der Waals surface area contributed by atoms with Gasteiger partial charge in [0.1, 0.15) is 5.76 Å². The van der Waals surface area contributed by atoms with Crippen molar-refractivity contribution in [3.8, 4) is 0 Å². The maximum atomic E-state index is 11.8. The average molecular weight is 222 g/mol. The highest BCUT2D eigenvalue weighted by Gasteiger charge is 2.42. The van der Waals surface area contributed by atoms with Crippen molar-refractivity contribution in [1.29, 1.82) is 0 Å². The Balaban J connectivity index is 2.35. The Hall–Kier alpha value is -1.12. The normalized spacial score (nSPS) is 29.4. The van der Waals surface area contributed by atoms with Crippen LogP contribution in [0.25, 0.3) is 0 Å². The SMILES string of the molecule is CCCC1C2=C(CCC2=O)OC(=O)C1CC. The number of Topliss-reactive ketones (excluding diaryl/α,β-unsaturated/α-hetero) is 1. The van der Waals surface area contributed by atoms with Crippen molar-refractivity contribution in [3.05, 3.63) is 11.3 Å². The van der Waals surface area contributed by atoms with Gasteiger partial charge in [-0.25, -0.2) is 0 Å². The highest BCUT2D eigenvalue weighted by Crippen LogP contribution is 2.41. The van der Waals surface area contributed by atoms with E-state index >= 15 is 0 Å². The number of allylic oxidation sites excluding steroid dienone is 2. The Bertz CT molecular complexity index is 354. The molecule has 88 valence electrons. The topological polar surface area (TPSA) is 43.4 Å². The van der Waals surface area contributed by atoms with Crippen molar-refractivity contribution >= 4 is 11.8 Å². The highest BCUT2D eigenvalue weighted by molar-refractivity contribution is 6.01. The van der Waals surface area contributed by atoms with Crippen molar-refractivity contribution in [2.45, 2.75) is 46.0 Å². The first-order valence-corrected chi connectivity index (χ1v) is 6.16. The number of esters is 1. The molecule has 2 aliphatic rings. The fourth-order valence-electron chi connectivity index (χ4n) is 2.84. The third-order valence-corrected chi connectivity index (χ3v) is 3.60. The van der Waals surface area contributed by atoms with E-state index in [0.29, 0.717) is 18.6 Å². The lowest BCUT2D eigenvalue weighted by atomic mass is 9.79. The maximum absolute atomic E-state index is 11.8. The summed E-state index contributed by atoms with van der Waals surface area (Å²) in [5, 5.41) is 0. The summed E-state index contributed by atoms with van der Waals surface area (Å²) in [4.78, 5) is 23.6. The zero-order valence-corrected chi connectivity index (χ0v) is 9.91. The van der Waals surface area contributed by atoms with Gasteiger partial charge in [-0.15, -0.1) is 0 Å². The van der Waals surface area contributed by atoms with Crippen LogP contribution in [0.4, 0.5) is 0 Å². The van der Waals surface area contributed by atoms with E-state index in [1.54, 1.807) is 0 Å². The Morgan fingerprint density at radius 2 is 1.94 bits per heavy atom. The molecule has 0 fully saturated rings. The van der Waals surface area contributed by atoms with Crippen LogP contribution in [-0.2, 0) is 14.3 Å². The summed E-state index contributed by atoms with van der Waals surface area (Å²) in [6.07, 6.45) is 3.81. The van der Waals surface area contributed by atoms with Gasteiger partial charge in [0.25, 0.3) is 0 Å². The van der Waals surface area contributed by atoms with Gasteiger partial charge in [0, 0.05) is 24.3 Å². The molecule has 3 nitrogen and oxygen atoms in total. The molecule has 0 aromatic heterocycles. The van der Waals surface area contributed by atoms with Crippen molar-refractivity contribution in [1.82, 2.24) is 0 Å². The van der Waals surface area contributed by atoms with E-state index < -0.39 is 0 Å². The lowest BCUT2D eigenvalue weighted by Gasteiger charge is -2.30. The van der Waals surface area contributed by atoms with Crippen molar-refractivity contribution < 1.29 is 14.3 Å². The van der Waals surface area contributed by atoms with Crippen LogP contribution in [0.1, 0.15) is 46.0 Å². The number of carbonyl (C=O) groups excluding carboxylic acids is 2. The molecule has 0 saturated carbocycles. The molecule has 1 heterocycles. The van der Waals surface area contributed by atoms with Crippen molar-refractivity contribution in [2.75, 3.05) is 0 Å². The van der Waals surface area contributed by atoms with Crippen LogP contribution in [-0.4, -0.2) is 11.8 Å². The lowest BCUT2D eigenvalue weighted by Crippen LogP contribution is -2.32. The fourth-order valence-corrected chi connectivity index (χ4v) is 2.84. The zero-order chi connectivity index (χ0) is 11.7. The number of ketones is 1. The van der Waals surface area contributed by atoms with Gasteiger partial charge < -0.3 is 4.74 Å². The van der Waals surface area contributed by atoms with E-state index in [1.807, 2.05) is 6.92 Å². The molecular formula is C13H18O3. The molecule has 0 spiro atoms. The minimum absolute atomic E-state index is 0.110. The maximum Gasteiger partial charge on any atom is 0.314 e. The molecule has 0 radical (unpaired) electrons. The van der Waals surface area contributed by atoms with Crippen LogP contribution in [0, 0.1) is 11.8 Å². The zero-order valence-electron chi connectivity index (χ0n) is 9.91. The van der Waals surface area contributed by atoms with E-state index in [2.05, 4.69) is 6.92 Å². The second-order valence-electron chi connectivity index (χ2n) is 4.59. The van der Waals surface area contributed by atoms with Crippen LogP contribution in [0.15, 0.2) is 11.3 Å². The third-order valence-electron chi connectivity index (χ3n) is 3.60. The molecule has 0 amide bonds. The Morgan fingerprint density at radius 3 is 2.56 bits per heavy atom. The van der Waals surface area contributed by atoms with Crippen molar-refractivity contribution in [2.24, 2.45) is 11.8 Å². The van der Waals surface area contributed by atoms with E-state index in [-0.39, 0.29) is 23.6 Å². The standard InChI is InChI=1S/C13H18O3/c1-3-5-9-8(4-2)13(15)16-11-7-6-10(14)12(9)11/h8-9H,3-7H2,1-2H3. The molecule has 16 heavy (non-hydrogen) atoms. The Labute approximate surface area is 95.9 Å². The summed E-state index contributed by atoms with van der Waals surface area (Å²) >= 11 is 0. The van der Waals surface area contributed by atoms with Crippen LogP contribution >= 0.6 is 0 Å². The number of carbonyl (C=O) groups is 2. The van der Waals surface area contributed by atoms with Gasteiger partial charge in [-0.1, -0.05) is 20.3 Å². The molecule has 1 aliphatic carbocycles. The predicted octanol–water partition coefficient (Wildman–Crippen LogP) is 2.60. The molecule has 2 rings (SSSR count). The first-order chi connectivity index (χ1) is 7.69. The van der Waals surface area contributed by atoms with Gasteiger partial charge in [-0.3, -0.25) is 9.59 Å². The van der Waals surface area contributed by atoms with Gasteiger partial charge in [-0.2, -0.15) is 0 Å². The molecule has 0 saturated heterocycles. The van der Waals surface area contributed by atoms with E-state index in [1.165, 1.54) is 0 Å². The molecule has 2 unspecified atom stereocenters. The molecule has 0 aromatic carbocycles. The van der Waals surface area contributed by atoms with Gasteiger partial charge in [0.05, 0.1) is 5.92 Å². The molecule has 0 N–H and O–H groups in total.